The minimum absolute atomic E-state index is 0.0828. The first-order valence-electron chi connectivity index (χ1n) is 3.56. The predicted octanol–water partition coefficient (Wildman–Crippen LogP) is -0.0712. The molecule has 0 aliphatic carbocycles. The molecule has 0 amide bonds. The highest BCUT2D eigenvalue weighted by molar-refractivity contribution is 4.93. The van der Waals surface area contributed by atoms with Gasteiger partial charge < -0.3 is 14.8 Å². The van der Waals surface area contributed by atoms with Crippen molar-refractivity contribution < 1.29 is 9.52 Å². The molecule has 0 saturated heterocycles. The number of oxazole rings is 1. The van der Waals surface area contributed by atoms with Gasteiger partial charge in [-0.25, -0.2) is 4.98 Å². The van der Waals surface area contributed by atoms with Gasteiger partial charge in [-0.05, 0) is 7.05 Å². The van der Waals surface area contributed by atoms with Crippen molar-refractivity contribution in [2.75, 3.05) is 13.7 Å². The van der Waals surface area contributed by atoms with Crippen molar-refractivity contribution in [1.29, 1.82) is 0 Å². The zero-order valence-electron chi connectivity index (χ0n) is 6.50. The van der Waals surface area contributed by atoms with Gasteiger partial charge >= 0.3 is 0 Å². The minimum Gasteiger partial charge on any atom is -0.444 e. The van der Waals surface area contributed by atoms with Gasteiger partial charge in [0.05, 0.1) is 19.3 Å². The van der Waals surface area contributed by atoms with Gasteiger partial charge in [-0.2, -0.15) is 0 Å². The third kappa shape index (κ3) is 2.32. The molecule has 0 aromatic carbocycles. The van der Waals surface area contributed by atoms with Crippen LogP contribution >= 0.6 is 0 Å². The Bertz CT molecular complexity index is 189. The number of hydrogen-bond donors (Lipinski definition) is 2. The summed E-state index contributed by atoms with van der Waals surface area (Å²) in [5.41, 5.74) is 0. The Hall–Kier alpha value is -0.870. The second-order valence-corrected chi connectivity index (χ2v) is 2.22. The average Bonchev–Trinajstić information content (AvgIpc) is 2.38. The van der Waals surface area contributed by atoms with E-state index in [-0.39, 0.29) is 6.61 Å². The molecular weight excluding hydrogens is 144 g/mol. The summed E-state index contributed by atoms with van der Waals surface area (Å²) in [5, 5.41) is 11.5. The van der Waals surface area contributed by atoms with Crippen LogP contribution in [-0.2, 0) is 13.0 Å². The topological polar surface area (TPSA) is 58.3 Å². The summed E-state index contributed by atoms with van der Waals surface area (Å²) in [5.74, 6) is 1.40. The molecule has 0 bridgehead atoms. The molecule has 4 heteroatoms. The number of aromatic nitrogens is 1. The highest BCUT2D eigenvalue weighted by atomic mass is 16.4. The Balaban J connectivity index is 2.51. The van der Waals surface area contributed by atoms with E-state index in [4.69, 9.17) is 9.52 Å². The zero-order valence-corrected chi connectivity index (χ0v) is 6.50. The first kappa shape index (κ1) is 8.23. The molecule has 0 atom stereocenters. The Morgan fingerprint density at radius 2 is 2.55 bits per heavy atom. The van der Waals surface area contributed by atoms with E-state index < -0.39 is 0 Å². The van der Waals surface area contributed by atoms with E-state index in [1.54, 1.807) is 6.20 Å². The molecule has 1 aromatic heterocycles. The summed E-state index contributed by atoms with van der Waals surface area (Å²) < 4.78 is 5.23. The molecule has 1 rings (SSSR count). The molecule has 0 spiro atoms. The van der Waals surface area contributed by atoms with E-state index in [9.17, 15) is 0 Å². The summed E-state index contributed by atoms with van der Waals surface area (Å²) in [4.78, 5) is 3.96. The maximum Gasteiger partial charge on any atom is 0.196 e. The Kier molecular flexibility index (Phi) is 3.07. The van der Waals surface area contributed by atoms with Gasteiger partial charge in [0.25, 0.3) is 0 Å². The van der Waals surface area contributed by atoms with Crippen molar-refractivity contribution in [3.05, 3.63) is 17.8 Å². The van der Waals surface area contributed by atoms with E-state index in [1.165, 1.54) is 0 Å². The predicted molar refractivity (Wildman–Crippen MR) is 40.1 cm³/mol. The molecule has 4 nitrogen and oxygen atoms in total. The number of aliphatic hydroxyl groups excluding tert-OH is 1. The maximum absolute atomic E-state index is 8.54. The largest absolute Gasteiger partial charge is 0.444 e. The summed E-state index contributed by atoms with van der Waals surface area (Å²) in [6.45, 7) is 0.762. The third-order valence-corrected chi connectivity index (χ3v) is 1.28. The SMILES string of the molecule is CNCc1cnc(CCO)o1. The molecule has 1 aromatic rings. The number of aliphatic hydroxyl groups is 1. The van der Waals surface area contributed by atoms with Gasteiger partial charge in [-0.15, -0.1) is 0 Å². The highest BCUT2D eigenvalue weighted by Crippen LogP contribution is 2.02. The number of hydrogen-bond acceptors (Lipinski definition) is 4. The van der Waals surface area contributed by atoms with Crippen LogP contribution in [0.2, 0.25) is 0 Å². The van der Waals surface area contributed by atoms with Crippen molar-refractivity contribution in [3.8, 4) is 0 Å². The van der Waals surface area contributed by atoms with E-state index in [1.807, 2.05) is 7.05 Å². The van der Waals surface area contributed by atoms with Gasteiger partial charge in [-0.1, -0.05) is 0 Å². The van der Waals surface area contributed by atoms with Crippen LogP contribution in [0.25, 0.3) is 0 Å². The summed E-state index contributed by atoms with van der Waals surface area (Å²) >= 11 is 0. The Morgan fingerprint density at radius 3 is 3.18 bits per heavy atom. The van der Waals surface area contributed by atoms with Crippen LogP contribution in [0.1, 0.15) is 11.7 Å². The molecule has 0 unspecified atom stereocenters. The lowest BCUT2D eigenvalue weighted by atomic mass is 10.5. The quantitative estimate of drug-likeness (QED) is 0.640. The summed E-state index contributed by atoms with van der Waals surface area (Å²) in [7, 11) is 1.84. The van der Waals surface area contributed by atoms with Gasteiger partial charge in [0.1, 0.15) is 5.76 Å². The smallest absolute Gasteiger partial charge is 0.196 e. The van der Waals surface area contributed by atoms with Crippen molar-refractivity contribution in [2.45, 2.75) is 13.0 Å². The minimum atomic E-state index is 0.0828. The van der Waals surface area contributed by atoms with E-state index in [0.717, 1.165) is 5.76 Å². The lowest BCUT2D eigenvalue weighted by Gasteiger charge is -1.91. The van der Waals surface area contributed by atoms with Crippen LogP contribution in [0, 0.1) is 0 Å². The van der Waals surface area contributed by atoms with E-state index in [0.29, 0.717) is 18.9 Å². The van der Waals surface area contributed by atoms with E-state index >= 15 is 0 Å². The molecular formula is C7H12N2O2. The number of rotatable bonds is 4. The summed E-state index contributed by atoms with van der Waals surface area (Å²) in [6.07, 6.45) is 2.16. The second-order valence-electron chi connectivity index (χ2n) is 2.22. The van der Waals surface area contributed by atoms with Crippen molar-refractivity contribution in [2.24, 2.45) is 0 Å². The molecule has 0 aliphatic heterocycles. The monoisotopic (exact) mass is 156 g/mol. The van der Waals surface area contributed by atoms with Crippen LogP contribution in [0.3, 0.4) is 0 Å². The fourth-order valence-electron chi connectivity index (χ4n) is 0.815. The van der Waals surface area contributed by atoms with Crippen LogP contribution in [0.5, 0.6) is 0 Å². The second kappa shape index (κ2) is 4.10. The number of nitrogens with zero attached hydrogens (tertiary/aromatic N) is 1. The molecule has 11 heavy (non-hydrogen) atoms. The van der Waals surface area contributed by atoms with Crippen molar-refractivity contribution >= 4 is 0 Å². The normalized spacial score (nSPS) is 10.4. The van der Waals surface area contributed by atoms with Gasteiger partial charge in [0.2, 0.25) is 0 Å². The molecule has 0 fully saturated rings. The zero-order chi connectivity index (χ0) is 8.10. The first-order valence-corrected chi connectivity index (χ1v) is 3.56. The third-order valence-electron chi connectivity index (χ3n) is 1.28. The summed E-state index contributed by atoms with van der Waals surface area (Å²) in [6, 6.07) is 0. The van der Waals surface area contributed by atoms with Crippen LogP contribution in [0.4, 0.5) is 0 Å². The van der Waals surface area contributed by atoms with Crippen LogP contribution < -0.4 is 5.32 Å². The molecule has 0 aliphatic rings. The van der Waals surface area contributed by atoms with Crippen molar-refractivity contribution in [3.63, 3.8) is 0 Å². The Labute approximate surface area is 65.2 Å². The fraction of sp³-hybridized carbons (Fsp3) is 0.571. The van der Waals surface area contributed by atoms with Gasteiger partial charge in [0, 0.05) is 6.42 Å². The van der Waals surface area contributed by atoms with E-state index in [2.05, 4.69) is 10.3 Å². The molecule has 62 valence electrons. The number of nitrogens with one attached hydrogen (secondary N) is 1. The first-order chi connectivity index (χ1) is 5.36. The van der Waals surface area contributed by atoms with Crippen LogP contribution in [-0.4, -0.2) is 23.7 Å². The molecule has 1 heterocycles. The standard InChI is InChI=1S/C7H12N2O2/c1-8-4-6-5-9-7(11-6)2-3-10/h5,8,10H,2-4H2,1H3. The Morgan fingerprint density at radius 1 is 1.73 bits per heavy atom. The lowest BCUT2D eigenvalue weighted by molar-refractivity contribution is 0.283. The van der Waals surface area contributed by atoms with Gasteiger partial charge in [0.15, 0.2) is 5.89 Å². The van der Waals surface area contributed by atoms with Crippen LogP contribution in [0.15, 0.2) is 10.6 Å². The average molecular weight is 156 g/mol. The molecule has 0 saturated carbocycles. The van der Waals surface area contributed by atoms with Gasteiger partial charge in [-0.3, -0.25) is 0 Å². The lowest BCUT2D eigenvalue weighted by Crippen LogP contribution is -2.03. The fourth-order valence-corrected chi connectivity index (χ4v) is 0.815. The van der Waals surface area contributed by atoms with Crippen molar-refractivity contribution in [1.82, 2.24) is 10.3 Å². The molecule has 2 N–H and O–H groups in total. The highest BCUT2D eigenvalue weighted by Gasteiger charge is 2.00. The maximum atomic E-state index is 8.54. The molecule has 0 radical (unpaired) electrons.